The summed E-state index contributed by atoms with van der Waals surface area (Å²) < 4.78 is 5.34. The lowest BCUT2D eigenvalue weighted by Crippen LogP contribution is -2.41. The van der Waals surface area contributed by atoms with E-state index in [1.165, 1.54) is 31.5 Å². The monoisotopic (exact) mass is 316 g/mol. The predicted molar refractivity (Wildman–Crippen MR) is 97.9 cm³/mol. The van der Waals surface area contributed by atoms with Crippen LogP contribution in [0, 0.1) is 5.92 Å². The van der Waals surface area contributed by atoms with E-state index in [1.807, 2.05) is 12.1 Å². The molecule has 1 heterocycles. The van der Waals surface area contributed by atoms with Crippen LogP contribution in [0.3, 0.4) is 0 Å². The first-order valence-corrected chi connectivity index (χ1v) is 8.82. The maximum Gasteiger partial charge on any atom is 0.119 e. The molecular weight excluding hydrogens is 284 g/mol. The van der Waals surface area contributed by atoms with Gasteiger partial charge < -0.3 is 9.64 Å². The highest BCUT2D eigenvalue weighted by molar-refractivity contribution is 5.28. The van der Waals surface area contributed by atoms with Gasteiger partial charge in [0.25, 0.3) is 0 Å². The number of ether oxygens (including phenoxy) is 1. The Labute approximate surface area is 141 Å². The molecule has 0 bridgehead atoms. The third-order valence-electron chi connectivity index (χ3n) is 4.82. The number of likely N-dealkylation sites (tertiary alicyclic amines) is 1. The minimum absolute atomic E-state index is 0.678. The van der Waals surface area contributed by atoms with Crippen LogP contribution in [0.2, 0.25) is 0 Å². The lowest BCUT2D eigenvalue weighted by atomic mass is 9.95. The van der Waals surface area contributed by atoms with E-state index < -0.39 is 0 Å². The van der Waals surface area contributed by atoms with E-state index in [-0.39, 0.29) is 0 Å². The molecule has 1 aliphatic heterocycles. The third-order valence-corrected chi connectivity index (χ3v) is 4.82. The van der Waals surface area contributed by atoms with Crippen molar-refractivity contribution in [3.8, 4) is 5.75 Å². The molecule has 1 saturated heterocycles. The van der Waals surface area contributed by atoms with Gasteiger partial charge in [0, 0.05) is 25.7 Å². The van der Waals surface area contributed by atoms with Crippen molar-refractivity contribution in [1.29, 1.82) is 0 Å². The van der Waals surface area contributed by atoms with Crippen LogP contribution in [-0.4, -0.2) is 49.1 Å². The van der Waals surface area contributed by atoms with Crippen LogP contribution in [0.15, 0.2) is 36.9 Å². The molecule has 0 amide bonds. The standard InChI is InChI=1S/C20H32N2O/c1-5-11-21(16-19-7-6-8-20(14-19)23-4)15-18-9-12-22(13-10-18)17(2)3/h5-8,14,17-18H,1,9-13,15-16H2,2-4H3. The lowest BCUT2D eigenvalue weighted by Gasteiger charge is -2.36. The van der Waals surface area contributed by atoms with Gasteiger partial charge in [-0.3, -0.25) is 4.90 Å². The number of rotatable bonds is 8. The van der Waals surface area contributed by atoms with E-state index in [0.29, 0.717) is 6.04 Å². The molecule has 1 aromatic rings. The lowest BCUT2D eigenvalue weighted by molar-refractivity contribution is 0.123. The molecule has 0 aromatic heterocycles. The molecule has 2 rings (SSSR count). The van der Waals surface area contributed by atoms with E-state index in [9.17, 15) is 0 Å². The molecule has 0 N–H and O–H groups in total. The van der Waals surface area contributed by atoms with Crippen LogP contribution in [0.25, 0.3) is 0 Å². The second-order valence-electron chi connectivity index (χ2n) is 6.91. The largest absolute Gasteiger partial charge is 0.497 e. The summed E-state index contributed by atoms with van der Waals surface area (Å²) >= 11 is 0. The van der Waals surface area contributed by atoms with Gasteiger partial charge in [-0.25, -0.2) is 0 Å². The number of methoxy groups -OCH3 is 1. The molecular formula is C20H32N2O. The third kappa shape index (κ3) is 5.67. The van der Waals surface area contributed by atoms with Gasteiger partial charge in [0.05, 0.1) is 7.11 Å². The maximum atomic E-state index is 5.34. The van der Waals surface area contributed by atoms with Crippen molar-refractivity contribution < 1.29 is 4.74 Å². The summed E-state index contributed by atoms with van der Waals surface area (Å²) in [5.74, 6) is 1.74. The second kappa shape index (κ2) is 9.09. The Morgan fingerprint density at radius 1 is 1.35 bits per heavy atom. The molecule has 23 heavy (non-hydrogen) atoms. The van der Waals surface area contributed by atoms with Gasteiger partial charge in [0.1, 0.15) is 5.75 Å². The van der Waals surface area contributed by atoms with Crippen LogP contribution >= 0.6 is 0 Å². The Balaban J connectivity index is 1.90. The van der Waals surface area contributed by atoms with Crippen molar-refractivity contribution in [3.05, 3.63) is 42.5 Å². The molecule has 1 fully saturated rings. The fourth-order valence-electron chi connectivity index (χ4n) is 3.43. The van der Waals surface area contributed by atoms with Crippen LogP contribution in [0.5, 0.6) is 5.75 Å². The van der Waals surface area contributed by atoms with Crippen molar-refractivity contribution in [2.45, 2.75) is 39.3 Å². The zero-order valence-corrected chi connectivity index (χ0v) is 15.0. The van der Waals surface area contributed by atoms with Gasteiger partial charge >= 0.3 is 0 Å². The Kier molecular flexibility index (Phi) is 7.13. The Morgan fingerprint density at radius 3 is 2.70 bits per heavy atom. The molecule has 0 spiro atoms. The first-order chi connectivity index (χ1) is 11.1. The maximum absolute atomic E-state index is 5.34. The van der Waals surface area contributed by atoms with Crippen molar-refractivity contribution in [3.63, 3.8) is 0 Å². The molecule has 0 aliphatic carbocycles. The molecule has 0 unspecified atom stereocenters. The van der Waals surface area contributed by atoms with Gasteiger partial charge in [-0.15, -0.1) is 6.58 Å². The van der Waals surface area contributed by atoms with Crippen molar-refractivity contribution in [2.75, 3.05) is 33.3 Å². The Bertz CT molecular complexity index is 478. The minimum atomic E-state index is 0.678. The van der Waals surface area contributed by atoms with Gasteiger partial charge in [0.2, 0.25) is 0 Å². The SMILES string of the molecule is C=CCN(Cc1cccc(OC)c1)CC1CCN(C(C)C)CC1. The highest BCUT2D eigenvalue weighted by atomic mass is 16.5. The van der Waals surface area contributed by atoms with Crippen molar-refractivity contribution in [2.24, 2.45) is 5.92 Å². The number of hydrogen-bond acceptors (Lipinski definition) is 3. The van der Waals surface area contributed by atoms with Crippen LogP contribution in [-0.2, 0) is 6.54 Å². The molecule has 128 valence electrons. The summed E-state index contributed by atoms with van der Waals surface area (Å²) in [6, 6.07) is 9.07. The normalized spacial score (nSPS) is 16.9. The van der Waals surface area contributed by atoms with Crippen molar-refractivity contribution >= 4 is 0 Å². The first kappa shape index (κ1) is 18.0. The molecule has 1 aromatic carbocycles. The molecule has 3 heteroatoms. The fourth-order valence-corrected chi connectivity index (χ4v) is 3.43. The molecule has 0 radical (unpaired) electrons. The number of piperidine rings is 1. The highest BCUT2D eigenvalue weighted by Crippen LogP contribution is 2.21. The molecule has 0 saturated carbocycles. The average Bonchev–Trinajstić information content (AvgIpc) is 2.55. The number of benzene rings is 1. The summed E-state index contributed by atoms with van der Waals surface area (Å²) in [5, 5.41) is 0. The van der Waals surface area contributed by atoms with E-state index >= 15 is 0 Å². The van der Waals surface area contributed by atoms with Crippen LogP contribution < -0.4 is 4.74 Å². The zero-order chi connectivity index (χ0) is 16.7. The number of hydrogen-bond donors (Lipinski definition) is 0. The van der Waals surface area contributed by atoms with E-state index in [2.05, 4.69) is 48.4 Å². The van der Waals surface area contributed by atoms with Crippen molar-refractivity contribution in [1.82, 2.24) is 9.80 Å². The second-order valence-corrected chi connectivity index (χ2v) is 6.91. The molecule has 0 atom stereocenters. The summed E-state index contributed by atoms with van der Waals surface area (Å²) in [6.45, 7) is 14.1. The van der Waals surface area contributed by atoms with Gasteiger partial charge in [-0.1, -0.05) is 18.2 Å². The smallest absolute Gasteiger partial charge is 0.119 e. The minimum Gasteiger partial charge on any atom is -0.497 e. The van der Waals surface area contributed by atoms with Crippen LogP contribution in [0.1, 0.15) is 32.3 Å². The fraction of sp³-hybridized carbons (Fsp3) is 0.600. The quantitative estimate of drug-likeness (QED) is 0.678. The Morgan fingerprint density at radius 2 is 2.09 bits per heavy atom. The summed E-state index contributed by atoms with van der Waals surface area (Å²) in [4.78, 5) is 5.11. The van der Waals surface area contributed by atoms with E-state index in [0.717, 1.165) is 31.3 Å². The predicted octanol–water partition coefficient (Wildman–Crippen LogP) is 3.80. The molecule has 1 aliphatic rings. The van der Waals surface area contributed by atoms with E-state index in [1.54, 1.807) is 7.11 Å². The molecule has 3 nitrogen and oxygen atoms in total. The zero-order valence-electron chi connectivity index (χ0n) is 15.0. The van der Waals surface area contributed by atoms with Gasteiger partial charge in [0.15, 0.2) is 0 Å². The summed E-state index contributed by atoms with van der Waals surface area (Å²) in [7, 11) is 1.73. The Hall–Kier alpha value is -1.32. The first-order valence-electron chi connectivity index (χ1n) is 8.82. The topological polar surface area (TPSA) is 15.7 Å². The van der Waals surface area contributed by atoms with E-state index in [4.69, 9.17) is 4.74 Å². The average molecular weight is 316 g/mol. The summed E-state index contributed by atoms with van der Waals surface area (Å²) in [6.07, 6.45) is 4.64. The summed E-state index contributed by atoms with van der Waals surface area (Å²) in [5.41, 5.74) is 1.31. The highest BCUT2D eigenvalue weighted by Gasteiger charge is 2.22. The van der Waals surface area contributed by atoms with Gasteiger partial charge in [-0.05, 0) is 63.4 Å². The number of nitrogens with zero attached hydrogens (tertiary/aromatic N) is 2. The van der Waals surface area contributed by atoms with Gasteiger partial charge in [-0.2, -0.15) is 0 Å². The van der Waals surface area contributed by atoms with Crippen LogP contribution in [0.4, 0.5) is 0 Å².